The minimum atomic E-state index is -0.0771. The molecule has 0 fully saturated rings. The molecule has 140 valence electrons. The second-order valence-corrected chi connectivity index (χ2v) is 6.99. The number of aryl methyl sites for hydroxylation is 1. The molecule has 0 radical (unpaired) electrons. The molecule has 0 spiro atoms. The zero-order valence-corrected chi connectivity index (χ0v) is 15.9. The molecule has 6 heteroatoms. The van der Waals surface area contributed by atoms with Crippen molar-refractivity contribution in [3.8, 4) is 11.5 Å². The standard InChI is InChI=1S/C20H27N3O3/c1-5-23-18(10-17(22-23)13(2)3)20(24)21-11-14-8-15-6-7-16(25-4)9-19(15)26-12-14/h6-7,9-10,13-14H,5,8,11-12H2,1-4H3,(H,21,24). The zero-order valence-electron chi connectivity index (χ0n) is 15.9. The van der Waals surface area contributed by atoms with Crippen LogP contribution in [0.25, 0.3) is 0 Å². The molecule has 1 unspecified atom stereocenters. The summed E-state index contributed by atoms with van der Waals surface area (Å²) < 4.78 is 12.8. The fraction of sp³-hybridized carbons (Fsp3) is 0.500. The lowest BCUT2D eigenvalue weighted by Gasteiger charge is -2.25. The lowest BCUT2D eigenvalue weighted by Crippen LogP contribution is -2.35. The molecule has 0 aliphatic carbocycles. The molecule has 6 nitrogen and oxygen atoms in total. The normalized spacial score (nSPS) is 16.1. The first-order valence-corrected chi connectivity index (χ1v) is 9.17. The first-order chi connectivity index (χ1) is 12.5. The number of methoxy groups -OCH3 is 1. The summed E-state index contributed by atoms with van der Waals surface area (Å²) in [7, 11) is 1.65. The Hall–Kier alpha value is -2.50. The zero-order chi connectivity index (χ0) is 18.7. The van der Waals surface area contributed by atoms with Gasteiger partial charge >= 0.3 is 0 Å². The number of nitrogens with one attached hydrogen (secondary N) is 1. The Labute approximate surface area is 154 Å². The van der Waals surface area contributed by atoms with Gasteiger partial charge in [-0.3, -0.25) is 9.48 Å². The van der Waals surface area contributed by atoms with Crippen LogP contribution in [0.1, 0.15) is 48.4 Å². The van der Waals surface area contributed by atoms with Crippen molar-refractivity contribution in [3.63, 3.8) is 0 Å². The van der Waals surface area contributed by atoms with Gasteiger partial charge in [-0.15, -0.1) is 0 Å². The Kier molecular flexibility index (Phi) is 5.49. The van der Waals surface area contributed by atoms with Crippen LogP contribution < -0.4 is 14.8 Å². The van der Waals surface area contributed by atoms with Crippen LogP contribution in [0.4, 0.5) is 0 Å². The van der Waals surface area contributed by atoms with Crippen LogP contribution >= 0.6 is 0 Å². The molecule has 2 aromatic rings. The topological polar surface area (TPSA) is 65.4 Å². The number of benzene rings is 1. The highest BCUT2D eigenvalue weighted by Crippen LogP contribution is 2.30. The van der Waals surface area contributed by atoms with Gasteiger partial charge in [0.1, 0.15) is 17.2 Å². The summed E-state index contributed by atoms with van der Waals surface area (Å²) in [6.07, 6.45) is 0.879. The van der Waals surface area contributed by atoms with Gasteiger partial charge in [-0.2, -0.15) is 5.10 Å². The fourth-order valence-electron chi connectivity index (χ4n) is 3.14. The molecule has 0 saturated carbocycles. The van der Waals surface area contributed by atoms with Crippen LogP contribution in [-0.4, -0.2) is 35.9 Å². The smallest absolute Gasteiger partial charge is 0.269 e. The first-order valence-electron chi connectivity index (χ1n) is 9.17. The van der Waals surface area contributed by atoms with Gasteiger partial charge in [0.15, 0.2) is 0 Å². The summed E-state index contributed by atoms with van der Waals surface area (Å²) in [5.41, 5.74) is 2.72. The maximum Gasteiger partial charge on any atom is 0.269 e. The summed E-state index contributed by atoms with van der Waals surface area (Å²) in [5.74, 6) is 2.14. The van der Waals surface area contributed by atoms with Crippen LogP contribution in [0, 0.1) is 5.92 Å². The molecule has 2 heterocycles. The molecule has 26 heavy (non-hydrogen) atoms. The average Bonchev–Trinajstić information content (AvgIpc) is 3.10. The Morgan fingerprint density at radius 1 is 1.42 bits per heavy atom. The SMILES string of the molecule is CCn1nc(C(C)C)cc1C(=O)NCC1COc2cc(OC)ccc2C1. The molecule has 1 atom stereocenters. The molecule has 0 bridgehead atoms. The van der Waals surface area contributed by atoms with E-state index in [1.165, 1.54) is 0 Å². The number of nitrogens with zero attached hydrogens (tertiary/aromatic N) is 2. The van der Waals surface area contributed by atoms with E-state index < -0.39 is 0 Å². The maximum atomic E-state index is 12.6. The number of rotatable bonds is 6. The molecule has 1 N–H and O–H groups in total. The van der Waals surface area contributed by atoms with E-state index in [2.05, 4.69) is 24.3 Å². The molecular weight excluding hydrogens is 330 g/mol. The van der Waals surface area contributed by atoms with Gasteiger partial charge in [0.2, 0.25) is 0 Å². The van der Waals surface area contributed by atoms with E-state index in [1.54, 1.807) is 11.8 Å². The van der Waals surface area contributed by atoms with Crippen molar-refractivity contribution >= 4 is 5.91 Å². The monoisotopic (exact) mass is 357 g/mol. The van der Waals surface area contributed by atoms with Gasteiger partial charge in [-0.05, 0) is 37.0 Å². The van der Waals surface area contributed by atoms with Crippen molar-refractivity contribution in [2.45, 2.75) is 39.7 Å². The van der Waals surface area contributed by atoms with E-state index in [0.717, 1.165) is 29.2 Å². The summed E-state index contributed by atoms with van der Waals surface area (Å²) >= 11 is 0. The molecular formula is C20H27N3O3. The number of hydrogen-bond acceptors (Lipinski definition) is 4. The lowest BCUT2D eigenvalue weighted by molar-refractivity contribution is 0.0928. The molecule has 1 amide bonds. The summed E-state index contributed by atoms with van der Waals surface area (Å²) in [4.78, 5) is 12.6. The molecule has 1 aliphatic rings. The molecule has 0 saturated heterocycles. The van der Waals surface area contributed by atoms with Crippen molar-refractivity contribution in [2.75, 3.05) is 20.3 Å². The predicted molar refractivity (Wildman–Crippen MR) is 100 cm³/mol. The first kappa shape index (κ1) is 18.3. The van der Waals surface area contributed by atoms with E-state index in [0.29, 0.717) is 31.3 Å². The summed E-state index contributed by atoms with van der Waals surface area (Å²) in [6.45, 7) is 8.00. The third-order valence-electron chi connectivity index (χ3n) is 4.73. The Bertz CT molecular complexity index is 783. The molecule has 1 aliphatic heterocycles. The highest BCUT2D eigenvalue weighted by atomic mass is 16.5. The number of hydrogen-bond donors (Lipinski definition) is 1. The van der Waals surface area contributed by atoms with Gasteiger partial charge < -0.3 is 14.8 Å². The molecule has 1 aromatic carbocycles. The van der Waals surface area contributed by atoms with E-state index in [1.807, 2.05) is 31.2 Å². The van der Waals surface area contributed by atoms with Crippen LogP contribution in [0.15, 0.2) is 24.3 Å². The Morgan fingerprint density at radius 3 is 2.92 bits per heavy atom. The summed E-state index contributed by atoms with van der Waals surface area (Å²) in [6, 6.07) is 7.78. The highest BCUT2D eigenvalue weighted by Gasteiger charge is 2.22. The maximum absolute atomic E-state index is 12.6. The second-order valence-electron chi connectivity index (χ2n) is 6.99. The number of carbonyl (C=O) groups excluding carboxylic acids is 1. The average molecular weight is 357 g/mol. The van der Waals surface area contributed by atoms with Crippen LogP contribution in [0.5, 0.6) is 11.5 Å². The number of carbonyl (C=O) groups is 1. The lowest BCUT2D eigenvalue weighted by atomic mass is 9.96. The number of ether oxygens (including phenoxy) is 2. The van der Waals surface area contributed by atoms with Gasteiger partial charge in [-0.25, -0.2) is 0 Å². The van der Waals surface area contributed by atoms with E-state index in [4.69, 9.17) is 9.47 Å². The quantitative estimate of drug-likeness (QED) is 0.863. The Balaban J connectivity index is 1.62. The third kappa shape index (κ3) is 3.84. The van der Waals surface area contributed by atoms with Crippen LogP contribution in [0.2, 0.25) is 0 Å². The van der Waals surface area contributed by atoms with Crippen LogP contribution in [0.3, 0.4) is 0 Å². The highest BCUT2D eigenvalue weighted by molar-refractivity contribution is 5.92. The molecule has 1 aromatic heterocycles. The third-order valence-corrected chi connectivity index (χ3v) is 4.73. The predicted octanol–water partition coefficient (Wildman–Crippen LogP) is 3.02. The van der Waals surface area contributed by atoms with Gasteiger partial charge in [0.25, 0.3) is 5.91 Å². The van der Waals surface area contributed by atoms with Gasteiger partial charge in [-0.1, -0.05) is 19.9 Å². The van der Waals surface area contributed by atoms with E-state index >= 15 is 0 Å². The number of amides is 1. The second kappa shape index (κ2) is 7.81. The fourth-order valence-corrected chi connectivity index (χ4v) is 3.14. The van der Waals surface area contributed by atoms with E-state index in [-0.39, 0.29) is 11.8 Å². The van der Waals surface area contributed by atoms with E-state index in [9.17, 15) is 4.79 Å². The van der Waals surface area contributed by atoms with Gasteiger partial charge in [0, 0.05) is 25.1 Å². The largest absolute Gasteiger partial charge is 0.497 e. The van der Waals surface area contributed by atoms with Crippen molar-refractivity contribution in [2.24, 2.45) is 5.92 Å². The number of aromatic nitrogens is 2. The molecule has 3 rings (SSSR count). The number of fused-ring (bicyclic) bond motifs is 1. The van der Waals surface area contributed by atoms with Crippen molar-refractivity contribution < 1.29 is 14.3 Å². The van der Waals surface area contributed by atoms with Crippen molar-refractivity contribution in [1.29, 1.82) is 0 Å². The Morgan fingerprint density at radius 2 is 2.23 bits per heavy atom. The van der Waals surface area contributed by atoms with Crippen LogP contribution in [-0.2, 0) is 13.0 Å². The van der Waals surface area contributed by atoms with Crippen molar-refractivity contribution in [3.05, 3.63) is 41.2 Å². The minimum absolute atomic E-state index is 0.0771. The summed E-state index contributed by atoms with van der Waals surface area (Å²) in [5, 5.41) is 7.55. The van der Waals surface area contributed by atoms with Crippen molar-refractivity contribution in [1.82, 2.24) is 15.1 Å². The van der Waals surface area contributed by atoms with Gasteiger partial charge in [0.05, 0.1) is 19.4 Å². The minimum Gasteiger partial charge on any atom is -0.497 e.